The number of amides is 2. The molecular weight excluding hydrogens is 460 g/mol. The van der Waals surface area contributed by atoms with E-state index in [0.717, 1.165) is 0 Å². The van der Waals surface area contributed by atoms with Gasteiger partial charge in [0.2, 0.25) is 5.91 Å². The zero-order valence-corrected chi connectivity index (χ0v) is 20.2. The maximum Gasteiger partial charge on any atom is 0.312 e. The quantitative estimate of drug-likeness (QED) is 0.422. The fraction of sp³-hybridized carbons (Fsp3) is 0.560. The highest BCUT2D eigenvalue weighted by molar-refractivity contribution is 6.30. The third-order valence-electron chi connectivity index (χ3n) is 7.32. The molecule has 184 valence electrons. The molecule has 8 nitrogen and oxygen atoms in total. The van der Waals surface area contributed by atoms with Crippen molar-refractivity contribution in [3.05, 3.63) is 41.9 Å². The number of hydrogen-bond donors (Lipinski definition) is 1. The first-order valence-corrected chi connectivity index (χ1v) is 12.2. The standard InChI is InChI=1S/C25H31ClN2O6/c1-4-13-27(17-9-7-15(26)8-10-17)23(31)21-25-12-11-18(34-25)19(24(32)33-6-3)20(25)22(30)28(21)16(5-2)14-29/h4,7-10,16,18-21,29H,1,5-6,11-14H2,2-3H3/t16-,18-,19+,20-,21?,25?/m0/s1. The van der Waals surface area contributed by atoms with E-state index in [4.69, 9.17) is 21.1 Å². The molecule has 2 amide bonds. The highest BCUT2D eigenvalue weighted by Crippen LogP contribution is 2.59. The second-order valence-electron chi connectivity index (χ2n) is 9.01. The zero-order valence-electron chi connectivity index (χ0n) is 19.5. The van der Waals surface area contributed by atoms with Gasteiger partial charge in [-0.2, -0.15) is 0 Å². The summed E-state index contributed by atoms with van der Waals surface area (Å²) >= 11 is 6.05. The van der Waals surface area contributed by atoms with E-state index in [-0.39, 0.29) is 31.6 Å². The second kappa shape index (κ2) is 9.68. The van der Waals surface area contributed by atoms with Gasteiger partial charge in [0.15, 0.2) is 0 Å². The van der Waals surface area contributed by atoms with Crippen LogP contribution in [0.2, 0.25) is 5.02 Å². The molecule has 3 aliphatic heterocycles. The fourth-order valence-corrected chi connectivity index (χ4v) is 6.03. The van der Waals surface area contributed by atoms with Gasteiger partial charge in [-0.25, -0.2) is 0 Å². The maximum atomic E-state index is 14.2. The number of carbonyl (C=O) groups is 3. The number of aliphatic hydroxyl groups is 1. The van der Waals surface area contributed by atoms with E-state index in [1.54, 1.807) is 42.2 Å². The Bertz CT molecular complexity index is 965. The number of nitrogens with zero attached hydrogens (tertiary/aromatic N) is 2. The van der Waals surface area contributed by atoms with Gasteiger partial charge in [0.05, 0.1) is 37.2 Å². The normalized spacial score (nSPS) is 30.2. The molecule has 1 aromatic rings. The lowest BCUT2D eigenvalue weighted by atomic mass is 9.70. The van der Waals surface area contributed by atoms with Crippen LogP contribution in [0.4, 0.5) is 5.69 Å². The predicted octanol–water partition coefficient (Wildman–Crippen LogP) is 2.57. The molecule has 2 unspecified atom stereocenters. The topological polar surface area (TPSA) is 96.4 Å². The van der Waals surface area contributed by atoms with E-state index in [1.807, 2.05) is 6.92 Å². The maximum absolute atomic E-state index is 14.2. The predicted molar refractivity (Wildman–Crippen MR) is 126 cm³/mol. The molecular formula is C25H31ClN2O6. The summed E-state index contributed by atoms with van der Waals surface area (Å²) in [7, 11) is 0. The molecule has 4 rings (SSSR count). The highest BCUT2D eigenvalue weighted by Gasteiger charge is 2.75. The molecule has 3 aliphatic rings. The van der Waals surface area contributed by atoms with Crippen LogP contribution in [0.3, 0.4) is 0 Å². The summed E-state index contributed by atoms with van der Waals surface area (Å²) in [5.74, 6) is -2.74. The number of benzene rings is 1. The molecule has 2 bridgehead atoms. The van der Waals surface area contributed by atoms with Gasteiger partial charge >= 0.3 is 5.97 Å². The van der Waals surface area contributed by atoms with Crippen molar-refractivity contribution < 1.29 is 29.0 Å². The summed E-state index contributed by atoms with van der Waals surface area (Å²) in [6, 6.07) is 5.28. The molecule has 3 heterocycles. The van der Waals surface area contributed by atoms with Gasteiger partial charge in [0.25, 0.3) is 5.91 Å². The van der Waals surface area contributed by atoms with Crippen LogP contribution >= 0.6 is 11.6 Å². The Hall–Kier alpha value is -2.42. The molecule has 0 aromatic heterocycles. The van der Waals surface area contributed by atoms with Crippen LogP contribution in [0.1, 0.15) is 33.1 Å². The lowest BCUT2D eigenvalue weighted by molar-refractivity contribution is -0.155. The molecule has 3 fully saturated rings. The Morgan fingerprint density at radius 2 is 2.09 bits per heavy atom. The van der Waals surface area contributed by atoms with Crippen molar-refractivity contribution >= 4 is 35.1 Å². The van der Waals surface area contributed by atoms with Crippen LogP contribution in [0.25, 0.3) is 0 Å². The molecule has 1 N–H and O–H groups in total. The summed E-state index contributed by atoms with van der Waals surface area (Å²) in [5.41, 5.74) is -0.543. The van der Waals surface area contributed by atoms with Crippen molar-refractivity contribution in [3.63, 3.8) is 0 Å². The Morgan fingerprint density at radius 3 is 2.68 bits per heavy atom. The monoisotopic (exact) mass is 490 g/mol. The highest BCUT2D eigenvalue weighted by atomic mass is 35.5. The largest absolute Gasteiger partial charge is 0.466 e. The van der Waals surface area contributed by atoms with E-state index < -0.39 is 41.6 Å². The molecule has 6 atom stereocenters. The summed E-state index contributed by atoms with van der Waals surface area (Å²) in [4.78, 5) is 43.9. The van der Waals surface area contributed by atoms with E-state index in [0.29, 0.717) is 30.0 Å². The number of anilines is 1. The summed E-state index contributed by atoms with van der Waals surface area (Å²) in [5, 5.41) is 10.6. The van der Waals surface area contributed by atoms with Crippen molar-refractivity contribution in [2.24, 2.45) is 11.8 Å². The van der Waals surface area contributed by atoms with Crippen molar-refractivity contribution in [2.45, 2.75) is 56.9 Å². The summed E-state index contributed by atoms with van der Waals surface area (Å²) in [6.07, 6.45) is 2.62. The number of fused-ring (bicyclic) bond motifs is 1. The molecule has 1 spiro atoms. The third-order valence-corrected chi connectivity index (χ3v) is 7.57. The smallest absolute Gasteiger partial charge is 0.312 e. The number of rotatable bonds is 9. The number of halogens is 1. The van der Waals surface area contributed by atoms with Gasteiger partial charge in [-0.3, -0.25) is 14.4 Å². The minimum atomic E-state index is -1.15. The van der Waals surface area contributed by atoms with Gasteiger partial charge in [0.1, 0.15) is 11.6 Å². The molecule has 0 aliphatic carbocycles. The average Bonchev–Trinajstić information content (AvgIpc) is 3.47. The van der Waals surface area contributed by atoms with E-state index in [2.05, 4.69) is 6.58 Å². The first kappa shape index (κ1) is 24.7. The summed E-state index contributed by atoms with van der Waals surface area (Å²) in [6.45, 7) is 7.46. The number of carbonyl (C=O) groups excluding carboxylic acids is 3. The van der Waals surface area contributed by atoms with Crippen LogP contribution in [-0.2, 0) is 23.9 Å². The fourth-order valence-electron chi connectivity index (χ4n) is 5.90. The van der Waals surface area contributed by atoms with Gasteiger partial charge in [-0.1, -0.05) is 24.6 Å². The van der Waals surface area contributed by atoms with Crippen LogP contribution in [0.5, 0.6) is 0 Å². The lowest BCUT2D eigenvalue weighted by Crippen LogP contribution is -2.59. The van der Waals surface area contributed by atoms with Crippen molar-refractivity contribution in [1.29, 1.82) is 0 Å². The van der Waals surface area contributed by atoms with Gasteiger partial charge < -0.3 is 24.4 Å². The molecule has 0 radical (unpaired) electrons. The van der Waals surface area contributed by atoms with Crippen LogP contribution in [-0.4, -0.2) is 71.3 Å². The van der Waals surface area contributed by atoms with Crippen molar-refractivity contribution in [1.82, 2.24) is 4.90 Å². The van der Waals surface area contributed by atoms with Crippen LogP contribution in [0, 0.1) is 11.8 Å². The molecule has 34 heavy (non-hydrogen) atoms. The molecule has 0 saturated carbocycles. The Morgan fingerprint density at radius 1 is 1.38 bits per heavy atom. The molecule has 3 saturated heterocycles. The Balaban J connectivity index is 1.80. The van der Waals surface area contributed by atoms with Gasteiger partial charge in [-0.05, 0) is 50.5 Å². The Kier molecular flexibility index (Phi) is 7.03. The molecule has 1 aromatic carbocycles. The zero-order chi connectivity index (χ0) is 24.6. The van der Waals surface area contributed by atoms with E-state index in [9.17, 15) is 19.5 Å². The first-order chi connectivity index (χ1) is 16.3. The second-order valence-corrected chi connectivity index (χ2v) is 9.45. The van der Waals surface area contributed by atoms with Gasteiger partial charge in [-0.15, -0.1) is 6.58 Å². The average molecular weight is 491 g/mol. The number of aliphatic hydroxyl groups excluding tert-OH is 1. The minimum absolute atomic E-state index is 0.194. The van der Waals surface area contributed by atoms with Crippen LogP contribution < -0.4 is 4.90 Å². The Labute approximate surface area is 204 Å². The SMILES string of the molecule is C=CCN(C(=O)C1N([C@@H](CC)CO)C(=O)[C@@H]2[C@H](C(=O)OCC)[C@@H]3CCC12O3)c1ccc(Cl)cc1. The van der Waals surface area contributed by atoms with Crippen LogP contribution in [0.15, 0.2) is 36.9 Å². The van der Waals surface area contributed by atoms with Crippen molar-refractivity contribution in [2.75, 3.05) is 24.7 Å². The van der Waals surface area contributed by atoms with E-state index >= 15 is 0 Å². The number of esters is 1. The minimum Gasteiger partial charge on any atom is -0.466 e. The number of ether oxygens (including phenoxy) is 2. The lowest BCUT2D eigenvalue weighted by Gasteiger charge is -2.39. The summed E-state index contributed by atoms with van der Waals surface area (Å²) < 4.78 is 11.7. The third kappa shape index (κ3) is 3.72. The molecule has 9 heteroatoms. The number of likely N-dealkylation sites (tertiary alicyclic amines) is 1. The number of hydrogen-bond acceptors (Lipinski definition) is 6. The van der Waals surface area contributed by atoms with Crippen molar-refractivity contribution in [3.8, 4) is 0 Å². The first-order valence-electron chi connectivity index (χ1n) is 11.8. The van der Waals surface area contributed by atoms with E-state index in [1.165, 1.54) is 4.90 Å². The van der Waals surface area contributed by atoms with Gasteiger partial charge in [0, 0.05) is 17.3 Å².